The molecule has 0 bridgehead atoms. The highest BCUT2D eigenvalue weighted by Crippen LogP contribution is 2.25. The summed E-state index contributed by atoms with van der Waals surface area (Å²) in [6.07, 6.45) is 2.28. The maximum Gasteiger partial charge on any atom is 0.307 e. The second kappa shape index (κ2) is 8.45. The first kappa shape index (κ1) is 19.8. The highest BCUT2D eigenvalue weighted by atomic mass is 16.6. The molecule has 0 radical (unpaired) electrons. The maximum absolute atomic E-state index is 12.1. The van der Waals surface area contributed by atoms with Crippen molar-refractivity contribution in [1.29, 1.82) is 0 Å². The first-order valence-electron chi connectivity index (χ1n) is 9.07. The lowest BCUT2D eigenvalue weighted by Crippen LogP contribution is -2.18. The molecule has 0 fully saturated rings. The number of hydrogen-bond donors (Lipinski definition) is 1. The minimum atomic E-state index is -0.572. The Hall–Kier alpha value is -4.54. The lowest BCUT2D eigenvalue weighted by Gasteiger charge is -2.05. The maximum atomic E-state index is 12.1. The Labute approximate surface area is 175 Å². The molecule has 1 amide bonds. The van der Waals surface area contributed by atoms with Crippen molar-refractivity contribution >= 4 is 17.3 Å². The summed E-state index contributed by atoms with van der Waals surface area (Å²) in [6.45, 7) is -0.148. The van der Waals surface area contributed by atoms with Crippen LogP contribution in [0.5, 0.6) is 5.75 Å². The van der Waals surface area contributed by atoms with E-state index < -0.39 is 4.92 Å². The topological polar surface area (TPSA) is 138 Å². The van der Waals surface area contributed by atoms with Gasteiger partial charge >= 0.3 is 5.69 Å². The van der Waals surface area contributed by atoms with Crippen LogP contribution in [0.15, 0.2) is 65.4 Å². The third kappa shape index (κ3) is 4.56. The van der Waals surface area contributed by atoms with Crippen molar-refractivity contribution in [3.8, 4) is 28.6 Å². The summed E-state index contributed by atoms with van der Waals surface area (Å²) in [5.41, 5.74) is 1.82. The number of methoxy groups -OCH3 is 1. The zero-order valence-electron chi connectivity index (χ0n) is 16.3. The number of hydrogen-bond acceptors (Lipinski definition) is 8. The van der Waals surface area contributed by atoms with Crippen LogP contribution in [0.25, 0.3) is 22.8 Å². The Balaban J connectivity index is 1.41. The van der Waals surface area contributed by atoms with Gasteiger partial charge in [0.15, 0.2) is 0 Å². The summed E-state index contributed by atoms with van der Waals surface area (Å²) in [5, 5.41) is 21.2. The van der Waals surface area contributed by atoms with E-state index >= 15 is 0 Å². The summed E-state index contributed by atoms with van der Waals surface area (Å²) >= 11 is 0. The van der Waals surface area contributed by atoms with Gasteiger partial charge in [0.2, 0.25) is 11.7 Å². The number of nitrogens with zero attached hydrogens (tertiary/aromatic N) is 5. The van der Waals surface area contributed by atoms with Crippen LogP contribution in [0.1, 0.15) is 0 Å². The number of nitrogens with one attached hydrogen (secondary N) is 1. The fraction of sp³-hybridized carbons (Fsp3) is 0.100. The molecular weight excluding hydrogens is 404 g/mol. The number of carbonyl (C=O) groups is 1. The van der Waals surface area contributed by atoms with Gasteiger partial charge in [-0.3, -0.25) is 19.6 Å². The van der Waals surface area contributed by atoms with Crippen molar-refractivity contribution in [3.63, 3.8) is 0 Å². The van der Waals surface area contributed by atoms with Gasteiger partial charge in [0.05, 0.1) is 12.0 Å². The highest BCUT2D eigenvalue weighted by molar-refractivity contribution is 5.90. The van der Waals surface area contributed by atoms with Crippen molar-refractivity contribution in [3.05, 3.63) is 71.0 Å². The minimum Gasteiger partial charge on any atom is -0.497 e. The van der Waals surface area contributed by atoms with Gasteiger partial charge in [0.1, 0.15) is 24.7 Å². The quantitative estimate of drug-likeness (QED) is 0.355. The molecule has 0 unspecified atom stereocenters. The van der Waals surface area contributed by atoms with Crippen molar-refractivity contribution < 1.29 is 19.0 Å². The Morgan fingerprint density at radius 1 is 1.23 bits per heavy atom. The van der Waals surface area contributed by atoms with Crippen molar-refractivity contribution in [2.24, 2.45) is 0 Å². The molecule has 2 aromatic heterocycles. The average molecular weight is 420 g/mol. The molecule has 4 aromatic rings. The zero-order valence-corrected chi connectivity index (χ0v) is 16.3. The monoisotopic (exact) mass is 420 g/mol. The molecule has 0 aliphatic rings. The van der Waals surface area contributed by atoms with Crippen LogP contribution in [0.3, 0.4) is 0 Å². The molecule has 11 heteroatoms. The van der Waals surface area contributed by atoms with Gasteiger partial charge in [-0.15, -0.1) is 0 Å². The van der Waals surface area contributed by atoms with Gasteiger partial charge in [0, 0.05) is 16.8 Å². The number of rotatable bonds is 7. The first-order valence-corrected chi connectivity index (χ1v) is 9.07. The van der Waals surface area contributed by atoms with Crippen LogP contribution in [0.2, 0.25) is 0 Å². The minimum absolute atomic E-state index is 0.148. The molecule has 0 spiro atoms. The van der Waals surface area contributed by atoms with Gasteiger partial charge in [-0.05, 0) is 42.5 Å². The fourth-order valence-corrected chi connectivity index (χ4v) is 2.80. The molecule has 0 atom stereocenters. The predicted octanol–water partition coefficient (Wildman–Crippen LogP) is 3.16. The Morgan fingerprint density at radius 2 is 2.03 bits per heavy atom. The SMILES string of the molecule is COc1cccc(-c2nc(-c3ccc(NC(=O)Cn4cc([N+](=O)[O-])cn4)cc3)no2)c1. The van der Waals surface area contributed by atoms with Gasteiger partial charge in [-0.25, -0.2) is 0 Å². The molecule has 156 valence electrons. The smallest absolute Gasteiger partial charge is 0.307 e. The number of carbonyl (C=O) groups excluding carboxylic acids is 1. The Bertz CT molecular complexity index is 1230. The number of anilines is 1. The lowest BCUT2D eigenvalue weighted by atomic mass is 10.2. The molecule has 2 aromatic carbocycles. The Kier molecular flexibility index (Phi) is 5.39. The van der Waals surface area contributed by atoms with E-state index in [0.29, 0.717) is 28.7 Å². The van der Waals surface area contributed by atoms with Crippen molar-refractivity contribution in [2.45, 2.75) is 6.54 Å². The van der Waals surface area contributed by atoms with E-state index in [2.05, 4.69) is 20.6 Å². The fourth-order valence-electron chi connectivity index (χ4n) is 2.80. The lowest BCUT2D eigenvalue weighted by molar-refractivity contribution is -0.385. The molecular formula is C20H16N6O5. The van der Waals surface area contributed by atoms with E-state index in [1.54, 1.807) is 37.4 Å². The van der Waals surface area contributed by atoms with Crippen molar-refractivity contribution in [2.75, 3.05) is 12.4 Å². The van der Waals surface area contributed by atoms with E-state index in [-0.39, 0.29) is 18.1 Å². The molecule has 4 rings (SSSR count). The normalized spacial score (nSPS) is 10.6. The standard InChI is InChI=1S/C20H16N6O5/c1-30-17-4-2-3-14(9-17)20-23-19(24-31-20)13-5-7-15(8-6-13)22-18(27)12-25-11-16(10-21-25)26(28)29/h2-11H,12H2,1H3,(H,22,27). The van der Waals surface area contributed by atoms with Gasteiger partial charge in [-0.1, -0.05) is 11.2 Å². The van der Waals surface area contributed by atoms with Gasteiger partial charge in [-0.2, -0.15) is 10.1 Å². The first-order chi connectivity index (χ1) is 15.0. The van der Waals surface area contributed by atoms with E-state index in [1.807, 2.05) is 18.2 Å². The second-order valence-corrected chi connectivity index (χ2v) is 6.43. The number of ether oxygens (including phenoxy) is 1. The zero-order chi connectivity index (χ0) is 21.8. The van der Waals surface area contributed by atoms with Crippen LogP contribution in [-0.4, -0.2) is 37.9 Å². The largest absolute Gasteiger partial charge is 0.497 e. The number of benzene rings is 2. The number of amides is 1. The molecule has 2 heterocycles. The molecule has 1 N–H and O–H groups in total. The molecule has 0 saturated carbocycles. The van der Waals surface area contributed by atoms with Crippen LogP contribution >= 0.6 is 0 Å². The van der Waals surface area contributed by atoms with E-state index in [1.165, 1.54) is 10.9 Å². The number of aromatic nitrogens is 4. The third-order valence-electron chi connectivity index (χ3n) is 4.31. The van der Waals surface area contributed by atoms with Crippen molar-refractivity contribution in [1.82, 2.24) is 19.9 Å². The predicted molar refractivity (Wildman–Crippen MR) is 109 cm³/mol. The molecule has 31 heavy (non-hydrogen) atoms. The van der Waals surface area contributed by atoms with Crippen LogP contribution < -0.4 is 10.1 Å². The highest BCUT2D eigenvalue weighted by Gasteiger charge is 2.13. The summed E-state index contributed by atoms with van der Waals surface area (Å²) in [7, 11) is 1.58. The van der Waals surface area contributed by atoms with Gasteiger partial charge in [0.25, 0.3) is 5.89 Å². The summed E-state index contributed by atoms with van der Waals surface area (Å²) in [5.74, 6) is 1.08. The van der Waals surface area contributed by atoms with Crippen LogP contribution in [0.4, 0.5) is 11.4 Å². The van der Waals surface area contributed by atoms with E-state index in [4.69, 9.17) is 9.26 Å². The van der Waals surface area contributed by atoms with Gasteiger partial charge < -0.3 is 14.6 Å². The van der Waals surface area contributed by atoms with E-state index in [0.717, 1.165) is 11.8 Å². The third-order valence-corrected chi connectivity index (χ3v) is 4.31. The molecule has 0 saturated heterocycles. The van der Waals surface area contributed by atoms with E-state index in [9.17, 15) is 14.9 Å². The molecule has 0 aliphatic heterocycles. The summed E-state index contributed by atoms with van der Waals surface area (Å²) in [4.78, 5) is 26.6. The van der Waals surface area contributed by atoms with Crippen LogP contribution in [-0.2, 0) is 11.3 Å². The summed E-state index contributed by atoms with van der Waals surface area (Å²) in [6, 6.07) is 14.2. The average Bonchev–Trinajstić information content (AvgIpc) is 3.44. The Morgan fingerprint density at radius 3 is 2.74 bits per heavy atom. The summed E-state index contributed by atoms with van der Waals surface area (Å²) < 4.78 is 11.7. The second-order valence-electron chi connectivity index (χ2n) is 6.43. The molecule has 0 aliphatic carbocycles. The van der Waals surface area contributed by atoms with Crippen LogP contribution in [0, 0.1) is 10.1 Å². The number of nitro groups is 1. The molecule has 11 nitrogen and oxygen atoms in total.